The highest BCUT2D eigenvalue weighted by molar-refractivity contribution is 5.94. The van der Waals surface area contributed by atoms with Crippen LogP contribution in [0, 0.1) is 0 Å². The highest BCUT2D eigenvalue weighted by Gasteiger charge is 2.20. The number of para-hydroxylation sites is 1. The van der Waals surface area contributed by atoms with Crippen LogP contribution in [0.4, 0.5) is 5.69 Å². The van der Waals surface area contributed by atoms with Gasteiger partial charge in [0.2, 0.25) is 11.8 Å². The Labute approximate surface area is 131 Å². The molecule has 1 aliphatic rings. The summed E-state index contributed by atoms with van der Waals surface area (Å²) in [5.74, 6) is -0.168. The zero-order valence-corrected chi connectivity index (χ0v) is 13.0. The van der Waals surface area contributed by atoms with E-state index in [1.807, 2.05) is 30.3 Å². The third kappa shape index (κ3) is 5.73. The molecule has 0 aromatic heterocycles. The van der Waals surface area contributed by atoms with Crippen molar-refractivity contribution in [1.29, 1.82) is 0 Å². The Balaban J connectivity index is 0.00000220. The molecule has 5 nitrogen and oxygen atoms in total. The number of carbonyl (C=O) groups is 2. The molecule has 2 amide bonds. The van der Waals surface area contributed by atoms with E-state index in [0.717, 1.165) is 25.1 Å². The Hall–Kier alpha value is -1.59. The molecular weight excluding hydrogens is 290 g/mol. The SMILES string of the molecule is CN(CC(=O)Nc1ccccc1)C(=O)CC1CCCN1.Cl. The van der Waals surface area contributed by atoms with Crippen molar-refractivity contribution in [2.24, 2.45) is 0 Å². The van der Waals surface area contributed by atoms with Crippen LogP contribution in [-0.2, 0) is 9.59 Å². The molecule has 0 bridgehead atoms. The predicted molar refractivity (Wildman–Crippen MR) is 85.6 cm³/mol. The average molecular weight is 312 g/mol. The van der Waals surface area contributed by atoms with Crippen LogP contribution in [0.1, 0.15) is 19.3 Å². The van der Waals surface area contributed by atoms with Crippen molar-refractivity contribution in [3.05, 3.63) is 30.3 Å². The quantitative estimate of drug-likeness (QED) is 0.869. The second-order valence-corrected chi connectivity index (χ2v) is 5.16. The first-order chi connectivity index (χ1) is 9.65. The third-order valence-electron chi connectivity index (χ3n) is 3.45. The molecule has 2 N–H and O–H groups in total. The van der Waals surface area contributed by atoms with Crippen molar-refractivity contribution in [3.63, 3.8) is 0 Å². The fourth-order valence-electron chi connectivity index (χ4n) is 2.32. The molecule has 0 saturated carbocycles. The molecule has 1 heterocycles. The number of halogens is 1. The van der Waals surface area contributed by atoms with Gasteiger partial charge in [-0.25, -0.2) is 0 Å². The molecule has 1 unspecified atom stereocenters. The zero-order chi connectivity index (χ0) is 14.4. The van der Waals surface area contributed by atoms with Gasteiger partial charge in [0.25, 0.3) is 0 Å². The molecule has 21 heavy (non-hydrogen) atoms. The molecule has 1 atom stereocenters. The number of rotatable bonds is 5. The number of nitrogens with one attached hydrogen (secondary N) is 2. The lowest BCUT2D eigenvalue weighted by molar-refractivity contribution is -0.133. The van der Waals surface area contributed by atoms with Gasteiger partial charge in [0, 0.05) is 25.2 Å². The number of anilines is 1. The van der Waals surface area contributed by atoms with Crippen LogP contribution in [0.2, 0.25) is 0 Å². The average Bonchev–Trinajstić information content (AvgIpc) is 2.92. The minimum atomic E-state index is -0.175. The summed E-state index contributed by atoms with van der Waals surface area (Å²) >= 11 is 0. The van der Waals surface area contributed by atoms with E-state index < -0.39 is 0 Å². The Morgan fingerprint density at radius 2 is 2.05 bits per heavy atom. The number of hydrogen-bond acceptors (Lipinski definition) is 3. The molecular formula is C15H22ClN3O2. The minimum Gasteiger partial charge on any atom is -0.336 e. The summed E-state index contributed by atoms with van der Waals surface area (Å²) in [6.45, 7) is 1.07. The highest BCUT2D eigenvalue weighted by atomic mass is 35.5. The second-order valence-electron chi connectivity index (χ2n) is 5.16. The maximum atomic E-state index is 12.0. The predicted octanol–water partition coefficient (Wildman–Crippen LogP) is 1.65. The minimum absolute atomic E-state index is 0. The Morgan fingerprint density at radius 1 is 1.33 bits per heavy atom. The standard InChI is InChI=1S/C15H21N3O2.ClH/c1-18(15(20)10-13-8-5-9-16-13)11-14(19)17-12-6-3-2-4-7-12;/h2-4,6-7,13,16H,5,8-11H2,1H3,(H,17,19);1H. The van der Waals surface area contributed by atoms with Crippen LogP contribution in [0.25, 0.3) is 0 Å². The van der Waals surface area contributed by atoms with E-state index in [1.165, 1.54) is 4.90 Å². The van der Waals surface area contributed by atoms with E-state index >= 15 is 0 Å². The Morgan fingerprint density at radius 3 is 2.67 bits per heavy atom. The van der Waals surface area contributed by atoms with Gasteiger partial charge < -0.3 is 15.5 Å². The topological polar surface area (TPSA) is 61.4 Å². The summed E-state index contributed by atoms with van der Waals surface area (Å²) in [5, 5.41) is 6.06. The number of amides is 2. The van der Waals surface area contributed by atoms with Gasteiger partial charge >= 0.3 is 0 Å². The number of carbonyl (C=O) groups excluding carboxylic acids is 2. The summed E-state index contributed by atoms with van der Waals surface area (Å²) < 4.78 is 0. The van der Waals surface area contributed by atoms with Crippen molar-refractivity contribution < 1.29 is 9.59 Å². The van der Waals surface area contributed by atoms with E-state index in [2.05, 4.69) is 10.6 Å². The van der Waals surface area contributed by atoms with Gasteiger partial charge in [0.15, 0.2) is 0 Å². The molecule has 1 aromatic carbocycles. The maximum absolute atomic E-state index is 12.0. The van der Waals surface area contributed by atoms with E-state index in [4.69, 9.17) is 0 Å². The van der Waals surface area contributed by atoms with E-state index in [1.54, 1.807) is 7.05 Å². The summed E-state index contributed by atoms with van der Waals surface area (Å²) in [7, 11) is 1.67. The number of benzene rings is 1. The summed E-state index contributed by atoms with van der Waals surface area (Å²) in [6, 6.07) is 9.51. The molecule has 1 aliphatic heterocycles. The molecule has 0 radical (unpaired) electrons. The van der Waals surface area contributed by atoms with Crippen molar-refractivity contribution in [1.82, 2.24) is 10.2 Å². The molecule has 2 rings (SSSR count). The number of likely N-dealkylation sites (N-methyl/N-ethyl adjacent to an activating group) is 1. The summed E-state index contributed by atoms with van der Waals surface area (Å²) in [5.41, 5.74) is 0.746. The van der Waals surface area contributed by atoms with Gasteiger partial charge in [-0.3, -0.25) is 9.59 Å². The lowest BCUT2D eigenvalue weighted by atomic mass is 10.1. The fourth-order valence-corrected chi connectivity index (χ4v) is 2.32. The summed E-state index contributed by atoms with van der Waals surface area (Å²) in [4.78, 5) is 25.3. The smallest absolute Gasteiger partial charge is 0.243 e. The van der Waals surface area contributed by atoms with E-state index in [9.17, 15) is 9.59 Å². The molecule has 1 fully saturated rings. The van der Waals surface area contributed by atoms with Gasteiger partial charge in [0.1, 0.15) is 0 Å². The maximum Gasteiger partial charge on any atom is 0.243 e. The molecule has 6 heteroatoms. The van der Waals surface area contributed by atoms with Crippen molar-refractivity contribution in [3.8, 4) is 0 Å². The monoisotopic (exact) mass is 311 g/mol. The van der Waals surface area contributed by atoms with Gasteiger partial charge in [0.05, 0.1) is 6.54 Å². The van der Waals surface area contributed by atoms with Crippen molar-refractivity contribution in [2.75, 3.05) is 25.5 Å². The molecule has 1 saturated heterocycles. The van der Waals surface area contributed by atoms with Crippen LogP contribution >= 0.6 is 12.4 Å². The molecule has 0 spiro atoms. The van der Waals surface area contributed by atoms with E-state index in [-0.39, 0.29) is 36.8 Å². The molecule has 0 aliphatic carbocycles. The Kier molecular flexibility index (Phi) is 7.19. The first-order valence-corrected chi connectivity index (χ1v) is 6.97. The van der Waals surface area contributed by atoms with Gasteiger partial charge in [-0.1, -0.05) is 18.2 Å². The van der Waals surface area contributed by atoms with Crippen LogP contribution in [-0.4, -0.2) is 42.9 Å². The van der Waals surface area contributed by atoms with E-state index in [0.29, 0.717) is 6.42 Å². The second kappa shape index (κ2) is 8.64. The number of hydrogen-bond donors (Lipinski definition) is 2. The fraction of sp³-hybridized carbons (Fsp3) is 0.467. The van der Waals surface area contributed by atoms with Gasteiger partial charge in [-0.05, 0) is 31.5 Å². The van der Waals surface area contributed by atoms with Crippen molar-refractivity contribution in [2.45, 2.75) is 25.3 Å². The third-order valence-corrected chi connectivity index (χ3v) is 3.45. The zero-order valence-electron chi connectivity index (χ0n) is 12.2. The van der Waals surface area contributed by atoms with Crippen LogP contribution in [0.3, 0.4) is 0 Å². The summed E-state index contributed by atoms with van der Waals surface area (Å²) in [6.07, 6.45) is 2.63. The first kappa shape index (κ1) is 17.5. The largest absolute Gasteiger partial charge is 0.336 e. The first-order valence-electron chi connectivity index (χ1n) is 6.97. The lowest BCUT2D eigenvalue weighted by Gasteiger charge is -2.19. The van der Waals surface area contributed by atoms with Gasteiger partial charge in [-0.2, -0.15) is 0 Å². The number of nitrogens with zero attached hydrogens (tertiary/aromatic N) is 1. The van der Waals surface area contributed by atoms with Crippen molar-refractivity contribution >= 4 is 29.9 Å². The highest BCUT2D eigenvalue weighted by Crippen LogP contribution is 2.10. The lowest BCUT2D eigenvalue weighted by Crippen LogP contribution is -2.38. The van der Waals surface area contributed by atoms with Crippen LogP contribution < -0.4 is 10.6 Å². The normalized spacial score (nSPS) is 16.9. The molecule has 1 aromatic rings. The van der Waals surface area contributed by atoms with Crippen LogP contribution in [0.15, 0.2) is 30.3 Å². The van der Waals surface area contributed by atoms with Crippen LogP contribution in [0.5, 0.6) is 0 Å². The van der Waals surface area contributed by atoms with Gasteiger partial charge in [-0.15, -0.1) is 12.4 Å². The molecule has 116 valence electrons. The Bertz CT molecular complexity index is 461.